The largest absolute Gasteiger partial charge is 0.260 e. The van der Waals surface area contributed by atoms with E-state index in [9.17, 15) is 0 Å². The van der Waals surface area contributed by atoms with Gasteiger partial charge in [0.2, 0.25) is 0 Å². The highest BCUT2D eigenvalue weighted by atomic mass is 14.7. The molecule has 0 saturated heterocycles. The van der Waals surface area contributed by atoms with E-state index in [-0.39, 0.29) is 0 Å². The quantitative estimate of drug-likeness (QED) is 0.546. The lowest BCUT2D eigenvalue weighted by Gasteiger charge is -2.04. The summed E-state index contributed by atoms with van der Waals surface area (Å²) in [4.78, 5) is 4.34. The SMILES string of the molecule is CC1=Cc2cccnc2C1C. The summed E-state index contributed by atoms with van der Waals surface area (Å²) in [6.07, 6.45) is 4.08. The van der Waals surface area contributed by atoms with Crippen LogP contribution >= 0.6 is 0 Å². The van der Waals surface area contributed by atoms with Gasteiger partial charge in [-0.25, -0.2) is 0 Å². The third kappa shape index (κ3) is 0.881. The van der Waals surface area contributed by atoms with Crippen LogP contribution in [0.3, 0.4) is 0 Å². The van der Waals surface area contributed by atoms with E-state index in [1.807, 2.05) is 12.3 Å². The van der Waals surface area contributed by atoms with E-state index in [2.05, 4.69) is 31.0 Å². The van der Waals surface area contributed by atoms with Crippen molar-refractivity contribution in [2.45, 2.75) is 19.8 Å². The molecule has 0 amide bonds. The summed E-state index contributed by atoms with van der Waals surface area (Å²) in [5.41, 5.74) is 3.93. The van der Waals surface area contributed by atoms with Gasteiger partial charge in [-0.2, -0.15) is 0 Å². The Kier molecular flexibility index (Phi) is 1.31. The molecule has 0 spiro atoms. The highest BCUT2D eigenvalue weighted by Gasteiger charge is 2.18. The van der Waals surface area contributed by atoms with E-state index in [1.54, 1.807) is 0 Å². The zero-order valence-corrected chi connectivity index (χ0v) is 6.83. The van der Waals surface area contributed by atoms with Gasteiger partial charge in [0.05, 0.1) is 5.69 Å². The van der Waals surface area contributed by atoms with Crippen molar-refractivity contribution in [3.63, 3.8) is 0 Å². The number of fused-ring (bicyclic) bond motifs is 1. The molecule has 11 heavy (non-hydrogen) atoms. The van der Waals surface area contributed by atoms with Gasteiger partial charge >= 0.3 is 0 Å². The number of allylic oxidation sites excluding steroid dienone is 1. The van der Waals surface area contributed by atoms with E-state index in [1.165, 1.54) is 16.8 Å². The molecule has 56 valence electrons. The predicted molar refractivity (Wildman–Crippen MR) is 46.3 cm³/mol. The summed E-state index contributed by atoms with van der Waals surface area (Å²) in [6, 6.07) is 4.11. The molecule has 0 bridgehead atoms. The second kappa shape index (κ2) is 2.19. The molecule has 1 heterocycles. The molecule has 1 aromatic rings. The first-order valence-electron chi connectivity index (χ1n) is 3.92. The van der Waals surface area contributed by atoms with Gasteiger partial charge in [0.15, 0.2) is 0 Å². The van der Waals surface area contributed by atoms with Gasteiger partial charge in [0.25, 0.3) is 0 Å². The minimum absolute atomic E-state index is 0.520. The molecule has 1 nitrogen and oxygen atoms in total. The van der Waals surface area contributed by atoms with Crippen molar-refractivity contribution in [2.75, 3.05) is 0 Å². The van der Waals surface area contributed by atoms with Gasteiger partial charge in [0, 0.05) is 12.1 Å². The summed E-state index contributed by atoms with van der Waals surface area (Å²) in [6.45, 7) is 4.36. The van der Waals surface area contributed by atoms with Crippen molar-refractivity contribution >= 4 is 6.08 Å². The molecular weight excluding hydrogens is 134 g/mol. The number of hydrogen-bond acceptors (Lipinski definition) is 1. The fourth-order valence-corrected chi connectivity index (χ4v) is 1.50. The third-order valence-corrected chi connectivity index (χ3v) is 2.35. The van der Waals surface area contributed by atoms with E-state index < -0.39 is 0 Å². The molecule has 0 aromatic carbocycles. The Bertz CT molecular complexity index is 312. The first-order valence-corrected chi connectivity index (χ1v) is 3.92. The first-order chi connectivity index (χ1) is 5.29. The maximum Gasteiger partial charge on any atom is 0.0544 e. The zero-order valence-electron chi connectivity index (χ0n) is 6.83. The van der Waals surface area contributed by atoms with Crippen molar-refractivity contribution in [2.24, 2.45) is 0 Å². The Morgan fingerprint density at radius 2 is 2.27 bits per heavy atom. The zero-order chi connectivity index (χ0) is 7.84. The standard InChI is InChI=1S/C10H11N/c1-7-6-9-4-3-5-11-10(9)8(7)2/h3-6,8H,1-2H3. The van der Waals surface area contributed by atoms with Gasteiger partial charge in [-0.1, -0.05) is 24.6 Å². The average Bonchev–Trinajstić information content (AvgIpc) is 2.30. The average molecular weight is 145 g/mol. The van der Waals surface area contributed by atoms with E-state index in [0.29, 0.717) is 5.92 Å². The normalized spacial score (nSPS) is 21.3. The van der Waals surface area contributed by atoms with Crippen LogP contribution in [0.25, 0.3) is 6.08 Å². The second-order valence-corrected chi connectivity index (χ2v) is 3.09. The number of nitrogens with zero attached hydrogens (tertiary/aromatic N) is 1. The molecule has 0 fully saturated rings. The highest BCUT2D eigenvalue weighted by molar-refractivity contribution is 5.63. The Morgan fingerprint density at radius 3 is 3.00 bits per heavy atom. The minimum Gasteiger partial charge on any atom is -0.260 e. The number of aromatic nitrogens is 1. The number of hydrogen-bond donors (Lipinski definition) is 0. The van der Waals surface area contributed by atoms with Crippen LogP contribution < -0.4 is 0 Å². The van der Waals surface area contributed by atoms with E-state index in [4.69, 9.17) is 0 Å². The van der Waals surface area contributed by atoms with Gasteiger partial charge in [-0.05, 0) is 18.6 Å². The minimum atomic E-state index is 0.520. The Labute approximate surface area is 66.8 Å². The fourth-order valence-electron chi connectivity index (χ4n) is 1.50. The Balaban J connectivity index is 2.58. The van der Waals surface area contributed by atoms with Crippen LogP contribution in [-0.2, 0) is 0 Å². The maximum absolute atomic E-state index is 4.34. The number of rotatable bonds is 0. The van der Waals surface area contributed by atoms with Crippen LogP contribution in [0.2, 0.25) is 0 Å². The summed E-state index contributed by atoms with van der Waals surface area (Å²) in [5, 5.41) is 0. The number of pyridine rings is 1. The summed E-state index contributed by atoms with van der Waals surface area (Å²) >= 11 is 0. The second-order valence-electron chi connectivity index (χ2n) is 3.09. The van der Waals surface area contributed by atoms with Crippen LogP contribution in [-0.4, -0.2) is 4.98 Å². The lowest BCUT2D eigenvalue weighted by atomic mass is 10.0. The lowest BCUT2D eigenvalue weighted by molar-refractivity contribution is 0.874. The van der Waals surface area contributed by atoms with Gasteiger partial charge in [-0.3, -0.25) is 4.98 Å². The van der Waals surface area contributed by atoms with Gasteiger partial charge < -0.3 is 0 Å². The molecule has 1 heteroatoms. The molecule has 0 saturated carbocycles. The smallest absolute Gasteiger partial charge is 0.0544 e. The van der Waals surface area contributed by atoms with Crippen molar-refractivity contribution < 1.29 is 0 Å². The van der Waals surface area contributed by atoms with Crippen LogP contribution in [0.4, 0.5) is 0 Å². The van der Waals surface area contributed by atoms with E-state index in [0.717, 1.165) is 0 Å². The van der Waals surface area contributed by atoms with Crippen molar-refractivity contribution in [1.29, 1.82) is 0 Å². The third-order valence-electron chi connectivity index (χ3n) is 2.35. The molecule has 0 N–H and O–H groups in total. The summed E-state index contributed by atoms with van der Waals surface area (Å²) in [7, 11) is 0. The predicted octanol–water partition coefficient (Wildman–Crippen LogP) is 2.60. The summed E-state index contributed by atoms with van der Waals surface area (Å²) < 4.78 is 0. The molecule has 1 unspecified atom stereocenters. The molecular formula is C10H11N. The van der Waals surface area contributed by atoms with Crippen LogP contribution in [0.15, 0.2) is 23.9 Å². The molecule has 2 rings (SSSR count). The topological polar surface area (TPSA) is 12.9 Å². The molecule has 0 aliphatic heterocycles. The molecule has 1 aliphatic carbocycles. The molecule has 1 aliphatic rings. The fraction of sp³-hybridized carbons (Fsp3) is 0.300. The molecule has 1 aromatic heterocycles. The lowest BCUT2D eigenvalue weighted by Crippen LogP contribution is -1.93. The van der Waals surface area contributed by atoms with Crippen LogP contribution in [0, 0.1) is 0 Å². The van der Waals surface area contributed by atoms with Crippen molar-refractivity contribution in [3.8, 4) is 0 Å². The Hall–Kier alpha value is -1.11. The molecule has 1 atom stereocenters. The van der Waals surface area contributed by atoms with Gasteiger partial charge in [0.1, 0.15) is 0 Å². The summed E-state index contributed by atoms with van der Waals surface area (Å²) in [5.74, 6) is 0.520. The van der Waals surface area contributed by atoms with Crippen LogP contribution in [0.1, 0.15) is 31.0 Å². The van der Waals surface area contributed by atoms with Crippen molar-refractivity contribution in [3.05, 3.63) is 35.2 Å². The maximum atomic E-state index is 4.34. The monoisotopic (exact) mass is 145 g/mol. The van der Waals surface area contributed by atoms with Crippen LogP contribution in [0.5, 0.6) is 0 Å². The molecule has 0 radical (unpaired) electrons. The van der Waals surface area contributed by atoms with E-state index >= 15 is 0 Å². The van der Waals surface area contributed by atoms with Gasteiger partial charge in [-0.15, -0.1) is 0 Å². The first kappa shape index (κ1) is 6.59. The highest BCUT2D eigenvalue weighted by Crippen LogP contribution is 2.33. The Morgan fingerprint density at radius 1 is 1.45 bits per heavy atom. The van der Waals surface area contributed by atoms with Crippen molar-refractivity contribution in [1.82, 2.24) is 4.98 Å².